The topological polar surface area (TPSA) is 72.5 Å². The van der Waals surface area contributed by atoms with Crippen molar-refractivity contribution in [2.24, 2.45) is 5.92 Å². The summed E-state index contributed by atoms with van der Waals surface area (Å²) >= 11 is 0. The molecule has 2 aromatic rings. The van der Waals surface area contributed by atoms with Gasteiger partial charge in [0, 0.05) is 25.5 Å². The van der Waals surface area contributed by atoms with E-state index >= 15 is 0 Å². The number of rotatable bonds is 9. The van der Waals surface area contributed by atoms with Crippen LogP contribution in [0.4, 0.5) is 5.69 Å². The Kier molecular flexibility index (Phi) is 7.26. The molecule has 0 aliphatic rings. The van der Waals surface area contributed by atoms with Crippen LogP contribution in [0.3, 0.4) is 0 Å². The van der Waals surface area contributed by atoms with Crippen LogP contribution in [0.25, 0.3) is 0 Å². The van der Waals surface area contributed by atoms with Gasteiger partial charge in [0.1, 0.15) is 0 Å². The predicted molar refractivity (Wildman–Crippen MR) is 103 cm³/mol. The number of benzene rings is 1. The lowest BCUT2D eigenvalue weighted by molar-refractivity contribution is 0.0951. The van der Waals surface area contributed by atoms with Gasteiger partial charge in [0.15, 0.2) is 11.5 Å². The molecule has 26 heavy (non-hydrogen) atoms. The number of anilines is 1. The lowest BCUT2D eigenvalue weighted by Gasteiger charge is -2.11. The highest BCUT2D eigenvalue weighted by Gasteiger charge is 2.08. The molecular weight excluding hydrogens is 330 g/mol. The van der Waals surface area contributed by atoms with Crippen LogP contribution in [0, 0.1) is 5.92 Å². The molecule has 6 nitrogen and oxygen atoms in total. The average molecular weight is 357 g/mol. The monoisotopic (exact) mass is 357 g/mol. The number of nitrogens with zero attached hydrogens (tertiary/aromatic N) is 1. The van der Waals surface area contributed by atoms with Crippen LogP contribution in [0.2, 0.25) is 0 Å². The Hall–Kier alpha value is -2.76. The van der Waals surface area contributed by atoms with Gasteiger partial charge in [-0.3, -0.25) is 9.78 Å². The second kappa shape index (κ2) is 9.65. The summed E-state index contributed by atoms with van der Waals surface area (Å²) in [6, 6.07) is 7.55. The van der Waals surface area contributed by atoms with E-state index in [1.54, 1.807) is 32.7 Å². The Morgan fingerprint density at radius 2 is 1.88 bits per heavy atom. The molecule has 0 aliphatic heterocycles. The molecule has 1 amide bonds. The Bertz CT molecular complexity index is 732. The predicted octanol–water partition coefficient (Wildman–Crippen LogP) is 3.49. The minimum atomic E-state index is -0.104. The van der Waals surface area contributed by atoms with Crippen molar-refractivity contribution >= 4 is 11.6 Å². The van der Waals surface area contributed by atoms with Gasteiger partial charge in [-0.15, -0.1) is 0 Å². The van der Waals surface area contributed by atoms with Gasteiger partial charge >= 0.3 is 0 Å². The number of ether oxygens (including phenoxy) is 2. The molecule has 0 atom stereocenters. The molecule has 0 bridgehead atoms. The summed E-state index contributed by atoms with van der Waals surface area (Å²) in [7, 11) is 3.22. The van der Waals surface area contributed by atoms with E-state index in [2.05, 4.69) is 29.5 Å². The number of hydrogen-bond acceptors (Lipinski definition) is 5. The first kappa shape index (κ1) is 19.6. The molecule has 2 rings (SSSR count). The zero-order valence-electron chi connectivity index (χ0n) is 15.8. The molecular formula is C20H27N3O3. The molecule has 6 heteroatoms. The van der Waals surface area contributed by atoms with Crippen LogP contribution in [0.15, 0.2) is 36.7 Å². The summed E-state index contributed by atoms with van der Waals surface area (Å²) < 4.78 is 10.6. The van der Waals surface area contributed by atoms with E-state index in [-0.39, 0.29) is 5.91 Å². The van der Waals surface area contributed by atoms with Gasteiger partial charge in [-0.05, 0) is 36.1 Å². The smallest absolute Gasteiger partial charge is 0.252 e. The van der Waals surface area contributed by atoms with Crippen molar-refractivity contribution in [2.75, 3.05) is 26.1 Å². The second-order valence-electron chi connectivity index (χ2n) is 6.44. The van der Waals surface area contributed by atoms with Gasteiger partial charge in [0.2, 0.25) is 0 Å². The number of carbonyl (C=O) groups excluding carboxylic acids is 1. The van der Waals surface area contributed by atoms with E-state index in [1.165, 1.54) is 0 Å². The van der Waals surface area contributed by atoms with Crippen molar-refractivity contribution < 1.29 is 14.3 Å². The van der Waals surface area contributed by atoms with E-state index in [0.29, 0.717) is 36.1 Å². The van der Waals surface area contributed by atoms with Crippen molar-refractivity contribution in [3.05, 3.63) is 47.8 Å². The first-order chi connectivity index (χ1) is 12.5. The average Bonchev–Trinajstić information content (AvgIpc) is 2.65. The highest BCUT2D eigenvalue weighted by Crippen LogP contribution is 2.27. The maximum atomic E-state index is 12.2. The third-order valence-corrected chi connectivity index (χ3v) is 3.95. The number of aromatic nitrogens is 1. The largest absolute Gasteiger partial charge is 0.493 e. The van der Waals surface area contributed by atoms with E-state index in [1.807, 2.05) is 18.2 Å². The molecule has 0 aliphatic carbocycles. The standard InChI is InChI=1S/C20H27N3O3/c1-14(2)7-8-22-20(24)16-10-17(13-21-12-16)23-11-15-5-6-18(25-3)19(9-15)26-4/h5-6,9-10,12-14,23H,7-8,11H2,1-4H3,(H,22,24). The third kappa shape index (κ3) is 5.65. The van der Waals surface area contributed by atoms with E-state index < -0.39 is 0 Å². The second-order valence-corrected chi connectivity index (χ2v) is 6.44. The lowest BCUT2D eigenvalue weighted by atomic mass is 10.1. The van der Waals surface area contributed by atoms with Gasteiger partial charge in [0.25, 0.3) is 5.91 Å². The van der Waals surface area contributed by atoms with E-state index in [4.69, 9.17) is 9.47 Å². The van der Waals surface area contributed by atoms with Crippen LogP contribution in [0.1, 0.15) is 36.2 Å². The molecule has 1 aromatic heterocycles. The molecule has 0 spiro atoms. The van der Waals surface area contributed by atoms with Crippen LogP contribution >= 0.6 is 0 Å². The summed E-state index contributed by atoms with van der Waals surface area (Å²) in [5.41, 5.74) is 2.37. The van der Waals surface area contributed by atoms with Gasteiger partial charge in [0.05, 0.1) is 25.5 Å². The zero-order chi connectivity index (χ0) is 18.9. The summed E-state index contributed by atoms with van der Waals surface area (Å²) in [5, 5.41) is 6.20. The molecule has 1 aromatic carbocycles. The quantitative estimate of drug-likeness (QED) is 0.719. The van der Waals surface area contributed by atoms with Gasteiger partial charge < -0.3 is 20.1 Å². The third-order valence-electron chi connectivity index (χ3n) is 3.95. The van der Waals surface area contributed by atoms with Crippen LogP contribution in [-0.2, 0) is 6.54 Å². The molecule has 0 radical (unpaired) electrons. The Labute approximate surface area is 154 Å². The molecule has 1 heterocycles. The van der Waals surface area contributed by atoms with E-state index in [0.717, 1.165) is 17.7 Å². The molecule has 0 unspecified atom stereocenters. The Morgan fingerprint density at radius 3 is 2.58 bits per heavy atom. The zero-order valence-corrected chi connectivity index (χ0v) is 15.8. The SMILES string of the molecule is COc1ccc(CNc2cncc(C(=O)NCCC(C)C)c2)cc1OC. The number of pyridine rings is 1. The van der Waals surface area contributed by atoms with Crippen LogP contribution < -0.4 is 20.1 Å². The Morgan fingerprint density at radius 1 is 1.12 bits per heavy atom. The summed E-state index contributed by atoms with van der Waals surface area (Å²) in [5.74, 6) is 1.83. The van der Waals surface area contributed by atoms with Crippen LogP contribution in [0.5, 0.6) is 11.5 Å². The minimum Gasteiger partial charge on any atom is -0.493 e. The fourth-order valence-corrected chi connectivity index (χ4v) is 2.43. The summed E-state index contributed by atoms with van der Waals surface area (Å²) in [6.45, 7) is 5.51. The molecule has 0 saturated heterocycles. The molecule has 0 fully saturated rings. The summed E-state index contributed by atoms with van der Waals surface area (Å²) in [4.78, 5) is 16.4. The van der Waals surface area contributed by atoms with Crippen molar-refractivity contribution in [1.29, 1.82) is 0 Å². The number of carbonyl (C=O) groups is 1. The van der Waals surface area contributed by atoms with E-state index in [9.17, 15) is 4.79 Å². The minimum absolute atomic E-state index is 0.104. The molecule has 2 N–H and O–H groups in total. The maximum absolute atomic E-state index is 12.2. The fourth-order valence-electron chi connectivity index (χ4n) is 2.43. The first-order valence-electron chi connectivity index (χ1n) is 8.71. The number of hydrogen-bond donors (Lipinski definition) is 2. The highest BCUT2D eigenvalue weighted by atomic mass is 16.5. The Balaban J connectivity index is 1.97. The van der Waals surface area contributed by atoms with Gasteiger partial charge in [-0.25, -0.2) is 0 Å². The van der Waals surface area contributed by atoms with Crippen molar-refractivity contribution in [1.82, 2.24) is 10.3 Å². The fraction of sp³-hybridized carbons (Fsp3) is 0.400. The van der Waals surface area contributed by atoms with Gasteiger partial charge in [-0.2, -0.15) is 0 Å². The number of amides is 1. The number of nitrogens with one attached hydrogen (secondary N) is 2. The van der Waals surface area contributed by atoms with Crippen LogP contribution in [-0.4, -0.2) is 31.7 Å². The van der Waals surface area contributed by atoms with Gasteiger partial charge in [-0.1, -0.05) is 19.9 Å². The first-order valence-corrected chi connectivity index (χ1v) is 8.71. The number of methoxy groups -OCH3 is 2. The van der Waals surface area contributed by atoms with Crippen molar-refractivity contribution in [3.8, 4) is 11.5 Å². The molecule has 140 valence electrons. The normalized spacial score (nSPS) is 10.5. The molecule has 0 saturated carbocycles. The van der Waals surface area contributed by atoms with Crippen molar-refractivity contribution in [3.63, 3.8) is 0 Å². The highest BCUT2D eigenvalue weighted by molar-refractivity contribution is 5.94. The summed E-state index contributed by atoms with van der Waals surface area (Å²) in [6.07, 6.45) is 4.23. The van der Waals surface area contributed by atoms with Crippen molar-refractivity contribution in [2.45, 2.75) is 26.8 Å². The lowest BCUT2D eigenvalue weighted by Crippen LogP contribution is -2.25. The maximum Gasteiger partial charge on any atom is 0.252 e.